The Balaban J connectivity index is 2.42. The van der Waals surface area contributed by atoms with Gasteiger partial charge in [-0.05, 0) is 29.8 Å². The van der Waals surface area contributed by atoms with Crippen molar-refractivity contribution in [2.24, 2.45) is 5.14 Å². The Morgan fingerprint density at radius 2 is 1.74 bits per heavy atom. The maximum atomic E-state index is 13.6. The summed E-state index contributed by atoms with van der Waals surface area (Å²) in [6.45, 7) is 0. The molecule has 0 aliphatic rings. The molecule has 2 aromatic rings. The van der Waals surface area contributed by atoms with Crippen LogP contribution in [0.2, 0.25) is 5.02 Å². The van der Waals surface area contributed by atoms with Gasteiger partial charge in [-0.25, -0.2) is 9.53 Å². The molecule has 0 atom stereocenters. The van der Waals surface area contributed by atoms with E-state index in [9.17, 15) is 26.0 Å². The van der Waals surface area contributed by atoms with Gasteiger partial charge in [-0.2, -0.15) is 21.6 Å². The van der Waals surface area contributed by atoms with E-state index in [0.29, 0.717) is 12.1 Å². The van der Waals surface area contributed by atoms with Crippen LogP contribution in [0.5, 0.6) is 0 Å². The third-order valence-corrected chi connectivity index (χ3v) is 3.65. The lowest BCUT2D eigenvalue weighted by molar-refractivity contribution is -0.139. The Labute approximate surface area is 134 Å². The van der Waals surface area contributed by atoms with Gasteiger partial charge in [0, 0.05) is 5.56 Å². The number of nitrogens with two attached hydrogens (primary N) is 1. The lowest BCUT2D eigenvalue weighted by atomic mass is 10.0. The summed E-state index contributed by atoms with van der Waals surface area (Å²) in [6.07, 6.45) is -4.80. The van der Waals surface area contributed by atoms with E-state index in [0.717, 1.165) is 6.07 Å². The van der Waals surface area contributed by atoms with Crippen molar-refractivity contribution in [1.29, 1.82) is 0 Å². The molecule has 124 valence electrons. The summed E-state index contributed by atoms with van der Waals surface area (Å²) < 4.78 is 75.0. The average Bonchev–Trinajstić information content (AvgIpc) is 2.35. The molecule has 0 saturated carbocycles. The molecule has 4 nitrogen and oxygen atoms in total. The largest absolute Gasteiger partial charge is 0.419 e. The number of anilines is 1. The summed E-state index contributed by atoms with van der Waals surface area (Å²) in [5.41, 5.74) is -0.972. The molecular formula is C13H9ClF4N2O2S. The Morgan fingerprint density at radius 3 is 2.22 bits per heavy atom. The highest BCUT2D eigenvalue weighted by atomic mass is 35.5. The van der Waals surface area contributed by atoms with Crippen LogP contribution in [0.15, 0.2) is 36.4 Å². The van der Waals surface area contributed by atoms with E-state index in [1.807, 2.05) is 4.72 Å². The van der Waals surface area contributed by atoms with Crippen LogP contribution >= 0.6 is 11.6 Å². The zero-order valence-electron chi connectivity index (χ0n) is 11.2. The third kappa shape index (κ3) is 4.34. The second-order valence-corrected chi connectivity index (χ2v) is 6.24. The Hall–Kier alpha value is -1.84. The number of hydrogen-bond donors (Lipinski definition) is 2. The number of rotatable bonds is 3. The quantitative estimate of drug-likeness (QED) is 0.809. The molecule has 23 heavy (non-hydrogen) atoms. The zero-order valence-corrected chi connectivity index (χ0v) is 12.7. The molecule has 0 spiro atoms. The van der Waals surface area contributed by atoms with Crippen LogP contribution in [0.4, 0.5) is 23.2 Å². The van der Waals surface area contributed by atoms with E-state index in [-0.39, 0.29) is 21.8 Å². The lowest BCUT2D eigenvalue weighted by Crippen LogP contribution is -2.21. The molecule has 10 heteroatoms. The van der Waals surface area contributed by atoms with E-state index in [1.165, 1.54) is 18.2 Å². The molecule has 3 N–H and O–H groups in total. The van der Waals surface area contributed by atoms with Gasteiger partial charge in [-0.15, -0.1) is 0 Å². The van der Waals surface area contributed by atoms with Crippen molar-refractivity contribution < 1.29 is 26.0 Å². The summed E-state index contributed by atoms with van der Waals surface area (Å²) in [6, 6.07) is 6.21. The molecule has 0 fully saturated rings. The first-order valence-corrected chi connectivity index (χ1v) is 7.87. The Kier molecular flexibility index (Phi) is 4.56. The van der Waals surface area contributed by atoms with E-state index < -0.39 is 27.8 Å². The summed E-state index contributed by atoms with van der Waals surface area (Å²) >= 11 is 5.95. The van der Waals surface area contributed by atoms with E-state index in [2.05, 4.69) is 0 Å². The van der Waals surface area contributed by atoms with Gasteiger partial charge < -0.3 is 0 Å². The molecule has 0 aliphatic carbocycles. The minimum Gasteiger partial charge on any atom is -0.271 e. The second kappa shape index (κ2) is 5.99. The van der Waals surface area contributed by atoms with Crippen LogP contribution in [0.1, 0.15) is 5.56 Å². The van der Waals surface area contributed by atoms with E-state index in [4.69, 9.17) is 16.7 Å². The number of alkyl halides is 3. The minimum absolute atomic E-state index is 0.0119. The van der Waals surface area contributed by atoms with Crippen LogP contribution in [0.3, 0.4) is 0 Å². The van der Waals surface area contributed by atoms with Gasteiger partial charge in [0.2, 0.25) is 0 Å². The standard InChI is InChI=1S/C13H9ClF4N2O2S/c14-11-6-8(20-23(19,21)22)2-3-9(11)7-1-4-10(12(15)5-7)13(16,17)18/h1-6,20H,(H2,19,21,22). The molecule has 0 unspecified atom stereocenters. The van der Waals surface area contributed by atoms with Gasteiger partial charge in [-0.3, -0.25) is 4.72 Å². The lowest BCUT2D eigenvalue weighted by Gasteiger charge is -2.11. The maximum Gasteiger partial charge on any atom is 0.419 e. The topological polar surface area (TPSA) is 72.2 Å². The van der Waals surface area contributed by atoms with Crippen molar-refractivity contribution in [2.75, 3.05) is 4.72 Å². The normalized spacial score (nSPS) is 12.3. The van der Waals surface area contributed by atoms with Crippen molar-refractivity contribution in [3.8, 4) is 11.1 Å². The van der Waals surface area contributed by atoms with Crippen molar-refractivity contribution in [3.05, 3.63) is 52.8 Å². The highest BCUT2D eigenvalue weighted by molar-refractivity contribution is 7.90. The molecule has 0 radical (unpaired) electrons. The monoisotopic (exact) mass is 368 g/mol. The van der Waals surface area contributed by atoms with Crippen LogP contribution in [-0.2, 0) is 16.4 Å². The van der Waals surface area contributed by atoms with Gasteiger partial charge in [-0.1, -0.05) is 23.7 Å². The van der Waals surface area contributed by atoms with E-state index >= 15 is 0 Å². The fourth-order valence-corrected chi connectivity index (χ4v) is 2.63. The minimum atomic E-state index is -4.80. The number of nitrogens with one attached hydrogen (secondary N) is 1. The molecule has 0 heterocycles. The van der Waals surface area contributed by atoms with Crippen molar-refractivity contribution in [3.63, 3.8) is 0 Å². The average molecular weight is 369 g/mol. The van der Waals surface area contributed by atoms with E-state index in [1.54, 1.807) is 0 Å². The Morgan fingerprint density at radius 1 is 1.09 bits per heavy atom. The summed E-state index contributed by atoms with van der Waals surface area (Å²) in [4.78, 5) is 0. The first-order chi connectivity index (χ1) is 10.5. The van der Waals surface area contributed by atoms with Gasteiger partial charge in [0.05, 0.1) is 16.3 Å². The fraction of sp³-hybridized carbons (Fsp3) is 0.0769. The van der Waals surface area contributed by atoms with Crippen LogP contribution in [-0.4, -0.2) is 8.42 Å². The summed E-state index contributed by atoms with van der Waals surface area (Å²) in [7, 11) is -3.99. The van der Waals surface area contributed by atoms with Crippen molar-refractivity contribution in [1.82, 2.24) is 0 Å². The fourth-order valence-electron chi connectivity index (χ4n) is 1.89. The molecule has 2 aromatic carbocycles. The molecule has 2 rings (SSSR count). The predicted octanol–water partition coefficient (Wildman–Crippen LogP) is 3.78. The third-order valence-electron chi connectivity index (χ3n) is 2.81. The molecule has 0 aliphatic heterocycles. The van der Waals surface area contributed by atoms with Gasteiger partial charge in [0.25, 0.3) is 10.2 Å². The highest BCUT2D eigenvalue weighted by Crippen LogP contribution is 2.35. The summed E-state index contributed by atoms with van der Waals surface area (Å²) in [5, 5.41) is 4.82. The number of halogens is 5. The number of hydrogen-bond acceptors (Lipinski definition) is 2. The van der Waals surface area contributed by atoms with Gasteiger partial charge in [0.1, 0.15) is 5.82 Å². The molecule has 0 saturated heterocycles. The van der Waals surface area contributed by atoms with Crippen LogP contribution in [0.25, 0.3) is 11.1 Å². The highest BCUT2D eigenvalue weighted by Gasteiger charge is 2.34. The van der Waals surface area contributed by atoms with Gasteiger partial charge >= 0.3 is 6.18 Å². The van der Waals surface area contributed by atoms with Crippen LogP contribution in [0, 0.1) is 5.82 Å². The molecule has 0 aromatic heterocycles. The zero-order chi connectivity index (χ0) is 17.4. The first kappa shape index (κ1) is 17.5. The van der Waals surface area contributed by atoms with Crippen LogP contribution < -0.4 is 9.86 Å². The second-order valence-electron chi connectivity index (χ2n) is 4.53. The predicted molar refractivity (Wildman–Crippen MR) is 78.6 cm³/mol. The number of benzene rings is 2. The summed E-state index contributed by atoms with van der Waals surface area (Å²) in [5.74, 6) is -1.43. The smallest absolute Gasteiger partial charge is 0.271 e. The van der Waals surface area contributed by atoms with Gasteiger partial charge in [0.15, 0.2) is 0 Å². The molecule has 0 amide bonds. The Bertz CT molecular complexity index is 854. The van der Waals surface area contributed by atoms with Crippen molar-refractivity contribution in [2.45, 2.75) is 6.18 Å². The molecule has 0 bridgehead atoms. The van der Waals surface area contributed by atoms with Crippen molar-refractivity contribution >= 4 is 27.5 Å². The maximum absolute atomic E-state index is 13.6. The SMILES string of the molecule is NS(=O)(=O)Nc1ccc(-c2ccc(C(F)(F)F)c(F)c2)c(Cl)c1. The molecular weight excluding hydrogens is 360 g/mol. The first-order valence-electron chi connectivity index (χ1n) is 5.94.